The van der Waals surface area contributed by atoms with Gasteiger partial charge in [-0.25, -0.2) is 0 Å². The SMILES string of the molecule is CC(C)=CCC[C@@]1(C)CCC(=O)N(CCCNc2cccnc2)C1. The molecule has 132 valence electrons. The monoisotopic (exact) mass is 329 g/mol. The van der Waals surface area contributed by atoms with Gasteiger partial charge in [0.25, 0.3) is 0 Å². The van der Waals surface area contributed by atoms with Crippen molar-refractivity contribution in [2.75, 3.05) is 25.0 Å². The Balaban J connectivity index is 1.76. The molecule has 0 bridgehead atoms. The fourth-order valence-corrected chi connectivity index (χ4v) is 3.28. The molecule has 0 aromatic carbocycles. The lowest BCUT2D eigenvalue weighted by Crippen LogP contribution is -2.45. The van der Waals surface area contributed by atoms with Gasteiger partial charge in [-0.2, -0.15) is 0 Å². The molecule has 2 rings (SSSR count). The van der Waals surface area contributed by atoms with E-state index >= 15 is 0 Å². The van der Waals surface area contributed by atoms with Crippen LogP contribution in [0.2, 0.25) is 0 Å². The van der Waals surface area contributed by atoms with Crippen molar-refractivity contribution in [3.63, 3.8) is 0 Å². The summed E-state index contributed by atoms with van der Waals surface area (Å²) in [6, 6.07) is 3.94. The molecule has 1 amide bonds. The average Bonchev–Trinajstić information content (AvgIpc) is 2.55. The van der Waals surface area contributed by atoms with Crippen molar-refractivity contribution in [3.8, 4) is 0 Å². The second kappa shape index (κ2) is 8.86. The summed E-state index contributed by atoms with van der Waals surface area (Å²) in [6.45, 7) is 9.23. The van der Waals surface area contributed by atoms with Crippen molar-refractivity contribution in [2.45, 2.75) is 52.9 Å². The number of aromatic nitrogens is 1. The lowest BCUT2D eigenvalue weighted by atomic mass is 9.77. The Morgan fingerprint density at radius 1 is 1.46 bits per heavy atom. The number of allylic oxidation sites excluding steroid dienone is 2. The van der Waals surface area contributed by atoms with Crippen LogP contribution in [0.3, 0.4) is 0 Å². The number of carbonyl (C=O) groups is 1. The van der Waals surface area contributed by atoms with Gasteiger partial charge in [-0.3, -0.25) is 9.78 Å². The van der Waals surface area contributed by atoms with Crippen LogP contribution in [0.25, 0.3) is 0 Å². The summed E-state index contributed by atoms with van der Waals surface area (Å²) in [7, 11) is 0. The zero-order chi connectivity index (χ0) is 17.4. The molecule has 1 saturated heterocycles. The lowest BCUT2D eigenvalue weighted by Gasteiger charge is -2.40. The number of likely N-dealkylation sites (tertiary alicyclic amines) is 1. The molecule has 0 aliphatic carbocycles. The number of hydrogen-bond donors (Lipinski definition) is 1. The fraction of sp³-hybridized carbons (Fsp3) is 0.600. The molecule has 4 heteroatoms. The zero-order valence-electron chi connectivity index (χ0n) is 15.3. The third kappa shape index (κ3) is 5.99. The summed E-state index contributed by atoms with van der Waals surface area (Å²) in [5.41, 5.74) is 2.68. The maximum absolute atomic E-state index is 12.2. The van der Waals surface area contributed by atoms with Crippen LogP contribution in [0.15, 0.2) is 36.2 Å². The van der Waals surface area contributed by atoms with E-state index < -0.39 is 0 Å². The number of hydrogen-bond acceptors (Lipinski definition) is 3. The molecule has 0 radical (unpaired) electrons. The largest absolute Gasteiger partial charge is 0.384 e. The first-order chi connectivity index (χ1) is 11.5. The summed E-state index contributed by atoms with van der Waals surface area (Å²) in [4.78, 5) is 18.4. The van der Waals surface area contributed by atoms with Gasteiger partial charge in [0.2, 0.25) is 5.91 Å². The first-order valence-electron chi connectivity index (χ1n) is 9.04. The van der Waals surface area contributed by atoms with E-state index in [0.717, 1.165) is 51.0 Å². The number of amides is 1. The first-order valence-corrected chi connectivity index (χ1v) is 9.04. The normalized spacial score (nSPS) is 20.8. The Bertz CT molecular complexity index is 551. The first kappa shape index (κ1) is 18.5. The third-order valence-corrected chi connectivity index (χ3v) is 4.76. The van der Waals surface area contributed by atoms with Gasteiger partial charge >= 0.3 is 0 Å². The van der Waals surface area contributed by atoms with Crippen molar-refractivity contribution >= 4 is 11.6 Å². The van der Waals surface area contributed by atoms with E-state index in [2.05, 4.69) is 42.0 Å². The van der Waals surface area contributed by atoms with Crippen LogP contribution < -0.4 is 5.32 Å². The quantitative estimate of drug-likeness (QED) is 0.572. The number of carbonyl (C=O) groups excluding carboxylic acids is 1. The molecule has 24 heavy (non-hydrogen) atoms. The van der Waals surface area contributed by atoms with Gasteiger partial charge < -0.3 is 10.2 Å². The van der Waals surface area contributed by atoms with E-state index in [9.17, 15) is 4.79 Å². The summed E-state index contributed by atoms with van der Waals surface area (Å²) in [5, 5.41) is 3.36. The Kier molecular flexibility index (Phi) is 6.83. The van der Waals surface area contributed by atoms with E-state index in [4.69, 9.17) is 0 Å². The molecular formula is C20H31N3O. The molecular weight excluding hydrogens is 298 g/mol. The van der Waals surface area contributed by atoms with E-state index in [0.29, 0.717) is 12.3 Å². The van der Waals surface area contributed by atoms with Crippen molar-refractivity contribution in [3.05, 3.63) is 36.2 Å². The lowest BCUT2D eigenvalue weighted by molar-refractivity contribution is -0.137. The molecule has 0 saturated carbocycles. The number of nitrogens with one attached hydrogen (secondary N) is 1. The van der Waals surface area contributed by atoms with E-state index in [1.807, 2.05) is 18.3 Å². The molecule has 1 aliphatic heterocycles. The topological polar surface area (TPSA) is 45.2 Å². The molecule has 0 spiro atoms. The molecule has 1 N–H and O–H groups in total. The Hall–Kier alpha value is -1.84. The highest BCUT2D eigenvalue weighted by atomic mass is 16.2. The van der Waals surface area contributed by atoms with Crippen molar-refractivity contribution in [1.82, 2.24) is 9.88 Å². The minimum absolute atomic E-state index is 0.261. The average molecular weight is 329 g/mol. The maximum atomic E-state index is 12.2. The molecule has 1 aromatic heterocycles. The summed E-state index contributed by atoms with van der Waals surface area (Å²) < 4.78 is 0. The van der Waals surface area contributed by atoms with Gasteiger partial charge in [0.05, 0.1) is 5.69 Å². The highest BCUT2D eigenvalue weighted by molar-refractivity contribution is 5.77. The van der Waals surface area contributed by atoms with Crippen LogP contribution in [0.5, 0.6) is 0 Å². The standard InChI is InChI=1S/C20H31N3O/c1-17(2)7-4-10-20(3)11-9-19(24)23(16-20)14-6-13-22-18-8-5-12-21-15-18/h5,7-8,12,15,22H,4,6,9-11,13-14,16H2,1-3H3/t20-/m0/s1. The van der Waals surface area contributed by atoms with Gasteiger partial charge in [0.1, 0.15) is 0 Å². The minimum Gasteiger partial charge on any atom is -0.384 e. The molecule has 4 nitrogen and oxygen atoms in total. The number of piperidine rings is 1. The predicted molar refractivity (Wildman–Crippen MR) is 99.9 cm³/mol. The van der Waals surface area contributed by atoms with E-state index in [1.54, 1.807) is 6.20 Å². The number of anilines is 1. The predicted octanol–water partition coefficient (Wildman–Crippen LogP) is 4.26. The van der Waals surface area contributed by atoms with Crippen LogP contribution in [0.1, 0.15) is 52.9 Å². The number of nitrogens with zero attached hydrogens (tertiary/aromatic N) is 2. The summed E-state index contributed by atoms with van der Waals surface area (Å²) in [5.74, 6) is 0.316. The zero-order valence-corrected chi connectivity index (χ0v) is 15.3. The van der Waals surface area contributed by atoms with Crippen molar-refractivity contribution in [1.29, 1.82) is 0 Å². The smallest absolute Gasteiger partial charge is 0.222 e. The fourth-order valence-electron chi connectivity index (χ4n) is 3.28. The Morgan fingerprint density at radius 3 is 3.00 bits per heavy atom. The molecule has 0 unspecified atom stereocenters. The van der Waals surface area contributed by atoms with Gasteiger partial charge in [-0.05, 0) is 57.1 Å². The van der Waals surface area contributed by atoms with Crippen LogP contribution in [-0.4, -0.2) is 35.4 Å². The van der Waals surface area contributed by atoms with Crippen LogP contribution in [0, 0.1) is 5.41 Å². The molecule has 2 heterocycles. The molecule has 1 fully saturated rings. The third-order valence-electron chi connectivity index (χ3n) is 4.76. The maximum Gasteiger partial charge on any atom is 0.222 e. The molecule has 1 aliphatic rings. The Morgan fingerprint density at radius 2 is 2.29 bits per heavy atom. The number of rotatable bonds is 8. The summed E-state index contributed by atoms with van der Waals surface area (Å²) >= 11 is 0. The highest BCUT2D eigenvalue weighted by Gasteiger charge is 2.33. The molecule has 1 atom stereocenters. The second-order valence-electron chi connectivity index (χ2n) is 7.47. The number of pyridine rings is 1. The minimum atomic E-state index is 0.261. The summed E-state index contributed by atoms with van der Waals surface area (Å²) in [6.07, 6.45) is 10.9. The van der Waals surface area contributed by atoms with Gasteiger partial charge in [-0.1, -0.05) is 18.6 Å². The van der Waals surface area contributed by atoms with Crippen LogP contribution >= 0.6 is 0 Å². The van der Waals surface area contributed by atoms with Crippen LogP contribution in [-0.2, 0) is 4.79 Å². The van der Waals surface area contributed by atoms with Gasteiger partial charge in [-0.15, -0.1) is 0 Å². The highest BCUT2D eigenvalue weighted by Crippen LogP contribution is 2.34. The van der Waals surface area contributed by atoms with Crippen LogP contribution in [0.4, 0.5) is 5.69 Å². The second-order valence-corrected chi connectivity index (χ2v) is 7.47. The van der Waals surface area contributed by atoms with Gasteiger partial charge in [0.15, 0.2) is 0 Å². The van der Waals surface area contributed by atoms with Crippen molar-refractivity contribution < 1.29 is 4.79 Å². The molecule has 1 aromatic rings. The van der Waals surface area contributed by atoms with E-state index in [-0.39, 0.29) is 5.41 Å². The van der Waals surface area contributed by atoms with Crippen molar-refractivity contribution in [2.24, 2.45) is 5.41 Å². The Labute approximate surface area is 146 Å². The van der Waals surface area contributed by atoms with E-state index in [1.165, 1.54) is 5.57 Å². The van der Waals surface area contributed by atoms with Gasteiger partial charge in [0, 0.05) is 38.4 Å².